The number of carbonyl (C=O) groups excluding carboxylic acids is 1. The van der Waals surface area contributed by atoms with E-state index in [1.807, 2.05) is 0 Å². The van der Waals surface area contributed by atoms with Crippen molar-refractivity contribution < 1.29 is 18.0 Å². The van der Waals surface area contributed by atoms with Crippen LogP contribution in [0, 0.1) is 29.6 Å². The van der Waals surface area contributed by atoms with E-state index < -0.39 is 29.3 Å². The van der Waals surface area contributed by atoms with Crippen LogP contribution in [-0.2, 0) is 10.2 Å². The van der Waals surface area contributed by atoms with Crippen molar-refractivity contribution in [3.05, 3.63) is 28.8 Å². The van der Waals surface area contributed by atoms with Gasteiger partial charge in [-0.05, 0) is 37.0 Å². The molecule has 24 heavy (non-hydrogen) atoms. The topological polar surface area (TPSA) is 29.1 Å². The number of hydrogen-bond acceptors (Lipinski definition) is 1. The molecule has 1 fully saturated rings. The Balaban J connectivity index is 2.33. The summed E-state index contributed by atoms with van der Waals surface area (Å²) in [5, 5.41) is 2.77. The Morgan fingerprint density at radius 1 is 1.33 bits per heavy atom. The molecule has 1 heterocycles. The van der Waals surface area contributed by atoms with Gasteiger partial charge in [-0.2, -0.15) is 13.2 Å². The summed E-state index contributed by atoms with van der Waals surface area (Å²) in [7, 11) is 0. The van der Waals surface area contributed by atoms with Crippen molar-refractivity contribution in [1.82, 2.24) is 0 Å². The lowest BCUT2D eigenvalue weighted by molar-refractivity contribution is -0.194. The van der Waals surface area contributed by atoms with Gasteiger partial charge in [-0.1, -0.05) is 37.3 Å². The van der Waals surface area contributed by atoms with Crippen LogP contribution in [0.2, 0.25) is 5.02 Å². The number of hydrogen-bond donors (Lipinski definition) is 1. The molecule has 1 aliphatic carbocycles. The molecular weight excluding hydrogens is 339 g/mol. The Kier molecular flexibility index (Phi) is 4.08. The van der Waals surface area contributed by atoms with Gasteiger partial charge in [0.1, 0.15) is 0 Å². The number of halogens is 4. The van der Waals surface area contributed by atoms with Crippen molar-refractivity contribution in [3.63, 3.8) is 0 Å². The van der Waals surface area contributed by atoms with E-state index in [2.05, 4.69) is 17.2 Å². The van der Waals surface area contributed by atoms with Crippen molar-refractivity contribution in [1.29, 1.82) is 0 Å². The SMILES string of the molecule is CC(C)C1C(=O)Nc2ccc(Cl)cc2C1(C#CC1CC1)C(F)(F)F. The summed E-state index contributed by atoms with van der Waals surface area (Å²) in [6.45, 7) is 3.22. The van der Waals surface area contributed by atoms with E-state index in [4.69, 9.17) is 11.6 Å². The molecule has 0 bridgehead atoms. The van der Waals surface area contributed by atoms with Gasteiger partial charge in [0.25, 0.3) is 0 Å². The minimum absolute atomic E-state index is 0.00957. The van der Waals surface area contributed by atoms with Gasteiger partial charge in [0.15, 0.2) is 5.41 Å². The Hall–Kier alpha value is -1.67. The second kappa shape index (κ2) is 5.70. The Labute approximate surface area is 143 Å². The van der Waals surface area contributed by atoms with Crippen molar-refractivity contribution >= 4 is 23.2 Å². The molecule has 1 aromatic carbocycles. The molecule has 0 spiro atoms. The first-order valence-corrected chi connectivity index (χ1v) is 8.25. The largest absolute Gasteiger partial charge is 0.409 e. The molecule has 6 heteroatoms. The summed E-state index contributed by atoms with van der Waals surface area (Å²) in [6.07, 6.45) is -3.08. The van der Waals surface area contributed by atoms with Crippen molar-refractivity contribution in [3.8, 4) is 11.8 Å². The van der Waals surface area contributed by atoms with Gasteiger partial charge in [0.05, 0.1) is 5.92 Å². The number of benzene rings is 1. The molecule has 3 rings (SSSR count). The number of rotatable bonds is 1. The number of nitrogens with one attached hydrogen (secondary N) is 1. The summed E-state index contributed by atoms with van der Waals surface area (Å²) in [4.78, 5) is 12.5. The van der Waals surface area contributed by atoms with Gasteiger partial charge in [-0.15, -0.1) is 0 Å². The van der Waals surface area contributed by atoms with E-state index in [9.17, 15) is 18.0 Å². The van der Waals surface area contributed by atoms with Crippen LogP contribution in [0.15, 0.2) is 18.2 Å². The highest BCUT2D eigenvalue weighted by Gasteiger charge is 2.65. The van der Waals surface area contributed by atoms with E-state index in [1.165, 1.54) is 18.2 Å². The maximum absolute atomic E-state index is 14.3. The molecule has 2 nitrogen and oxygen atoms in total. The van der Waals surface area contributed by atoms with Crippen LogP contribution in [0.25, 0.3) is 0 Å². The first kappa shape index (κ1) is 17.2. The van der Waals surface area contributed by atoms with Crippen LogP contribution in [0.5, 0.6) is 0 Å². The van der Waals surface area contributed by atoms with Crippen LogP contribution in [0.1, 0.15) is 32.3 Å². The molecular formula is C18H17ClF3NO. The van der Waals surface area contributed by atoms with Gasteiger partial charge in [-0.3, -0.25) is 4.79 Å². The zero-order valence-corrected chi connectivity index (χ0v) is 14.1. The first-order valence-electron chi connectivity index (χ1n) is 7.87. The van der Waals surface area contributed by atoms with E-state index in [1.54, 1.807) is 13.8 Å². The summed E-state index contributed by atoms with van der Waals surface area (Å²) < 4.78 is 43.0. The van der Waals surface area contributed by atoms with E-state index in [0.717, 1.165) is 12.8 Å². The van der Waals surface area contributed by atoms with Crippen molar-refractivity contribution in [2.24, 2.45) is 17.8 Å². The normalized spacial score (nSPS) is 26.5. The predicted molar refractivity (Wildman–Crippen MR) is 86.6 cm³/mol. The minimum Gasteiger partial charge on any atom is -0.325 e. The lowest BCUT2D eigenvalue weighted by atomic mass is 9.63. The summed E-state index contributed by atoms with van der Waals surface area (Å²) in [6, 6.07) is 4.15. The molecule has 1 saturated carbocycles. The van der Waals surface area contributed by atoms with Crippen LogP contribution >= 0.6 is 11.6 Å². The summed E-state index contributed by atoms with van der Waals surface area (Å²) in [5.41, 5.74) is -2.47. The number of fused-ring (bicyclic) bond motifs is 1. The number of carbonyl (C=O) groups is 1. The van der Waals surface area contributed by atoms with Gasteiger partial charge < -0.3 is 5.32 Å². The zero-order valence-electron chi connectivity index (χ0n) is 13.3. The molecule has 2 atom stereocenters. The lowest BCUT2D eigenvalue weighted by Crippen LogP contribution is -2.56. The third-order valence-electron chi connectivity index (χ3n) is 4.58. The summed E-state index contributed by atoms with van der Waals surface area (Å²) >= 11 is 5.96. The Bertz CT molecular complexity index is 743. The van der Waals surface area contributed by atoms with Crippen molar-refractivity contribution in [2.75, 3.05) is 5.32 Å². The fraction of sp³-hybridized carbons (Fsp3) is 0.500. The zero-order chi connectivity index (χ0) is 17.7. The van der Waals surface area contributed by atoms with Crippen molar-refractivity contribution in [2.45, 2.75) is 38.3 Å². The lowest BCUT2D eigenvalue weighted by Gasteiger charge is -2.44. The second-order valence-corrected chi connectivity index (χ2v) is 7.19. The smallest absolute Gasteiger partial charge is 0.325 e. The summed E-state index contributed by atoms with van der Waals surface area (Å²) in [5.74, 6) is 2.71. The standard InChI is InChI=1S/C18H17ClF3NO/c1-10(2)15-16(24)23-14-6-5-12(19)9-13(14)17(15,18(20,21)22)8-7-11-3-4-11/h5-6,9-11,15H,3-4H2,1-2H3,(H,23,24). The van der Waals surface area contributed by atoms with Gasteiger partial charge in [0, 0.05) is 22.2 Å². The maximum atomic E-state index is 14.3. The third kappa shape index (κ3) is 2.67. The highest BCUT2D eigenvalue weighted by molar-refractivity contribution is 6.30. The predicted octanol–water partition coefficient (Wildman–Crippen LogP) is 4.78. The number of anilines is 1. The molecule has 2 aliphatic rings. The minimum atomic E-state index is -4.69. The van der Waals surface area contributed by atoms with Gasteiger partial charge in [0.2, 0.25) is 5.91 Å². The average Bonchev–Trinajstić information content (AvgIpc) is 3.27. The third-order valence-corrected chi connectivity index (χ3v) is 4.81. The molecule has 1 aromatic rings. The monoisotopic (exact) mass is 355 g/mol. The van der Waals surface area contributed by atoms with Gasteiger partial charge >= 0.3 is 6.18 Å². The van der Waals surface area contributed by atoms with Crippen LogP contribution < -0.4 is 5.32 Å². The average molecular weight is 356 g/mol. The molecule has 1 amide bonds. The molecule has 0 radical (unpaired) electrons. The van der Waals surface area contributed by atoms with E-state index >= 15 is 0 Å². The number of amides is 1. The molecule has 1 N–H and O–H groups in total. The van der Waals surface area contributed by atoms with Gasteiger partial charge in [-0.25, -0.2) is 0 Å². The number of alkyl halides is 3. The molecule has 1 aliphatic heterocycles. The quantitative estimate of drug-likeness (QED) is 0.722. The van der Waals surface area contributed by atoms with Crippen LogP contribution in [0.3, 0.4) is 0 Å². The maximum Gasteiger partial charge on any atom is 0.409 e. The Morgan fingerprint density at radius 2 is 2.00 bits per heavy atom. The highest BCUT2D eigenvalue weighted by atomic mass is 35.5. The molecule has 2 unspecified atom stereocenters. The highest BCUT2D eigenvalue weighted by Crippen LogP contribution is 2.54. The molecule has 128 valence electrons. The fourth-order valence-corrected chi connectivity index (χ4v) is 3.49. The fourth-order valence-electron chi connectivity index (χ4n) is 3.32. The van der Waals surface area contributed by atoms with E-state index in [0.29, 0.717) is 0 Å². The van der Waals surface area contributed by atoms with Crippen LogP contribution in [0.4, 0.5) is 18.9 Å². The molecule has 0 aromatic heterocycles. The second-order valence-electron chi connectivity index (χ2n) is 6.75. The first-order chi connectivity index (χ1) is 11.2. The molecule has 0 saturated heterocycles. The van der Waals surface area contributed by atoms with E-state index in [-0.39, 0.29) is 22.2 Å². The Morgan fingerprint density at radius 3 is 2.54 bits per heavy atom. The van der Waals surface area contributed by atoms with Crippen LogP contribution in [-0.4, -0.2) is 12.1 Å².